The molecule has 0 aliphatic carbocycles. The second-order valence-corrected chi connectivity index (χ2v) is 9.42. The molecule has 10 nitrogen and oxygen atoms in total. The van der Waals surface area contributed by atoms with Gasteiger partial charge in [-0.05, 0) is 65.4 Å². The minimum atomic E-state index is -0.699. The molecule has 0 heterocycles. The Morgan fingerprint density at radius 2 is 1.68 bits per heavy atom. The molecular weight excluding hydrogens is 490 g/mol. The number of carbonyl (C=O) groups excluding carboxylic acids is 2. The van der Waals surface area contributed by atoms with Gasteiger partial charge in [-0.25, -0.2) is 10.2 Å². The van der Waals surface area contributed by atoms with Crippen LogP contribution in [-0.4, -0.2) is 36.7 Å². The fraction of sp³-hybridized carbons (Fsp3) is 0.250. The first-order valence-electron chi connectivity index (χ1n) is 11.7. The number of nitro groups is 1. The normalized spacial score (nSPS) is 11.2. The number of non-ortho nitro benzene ring substituents is 1. The largest absolute Gasteiger partial charge is 0.493 e. The summed E-state index contributed by atoms with van der Waals surface area (Å²) in [6, 6.07) is 15.6. The minimum absolute atomic E-state index is 0.0189. The monoisotopic (exact) mass is 519 g/mol. The van der Waals surface area contributed by atoms with Gasteiger partial charge in [0, 0.05) is 12.1 Å². The van der Waals surface area contributed by atoms with Crippen molar-refractivity contribution in [3.05, 3.63) is 93.0 Å². The van der Waals surface area contributed by atoms with E-state index in [1.807, 2.05) is 25.1 Å². The van der Waals surface area contributed by atoms with Gasteiger partial charge in [0.1, 0.15) is 5.75 Å². The number of nitrogens with zero attached hydrogens (tertiary/aromatic N) is 2. The summed E-state index contributed by atoms with van der Waals surface area (Å²) in [5, 5.41) is 14.7. The Hall–Kier alpha value is -4.73. The van der Waals surface area contributed by atoms with E-state index in [2.05, 4.69) is 31.3 Å². The van der Waals surface area contributed by atoms with Crippen molar-refractivity contribution in [1.82, 2.24) is 5.43 Å². The van der Waals surface area contributed by atoms with Crippen molar-refractivity contribution in [2.75, 3.05) is 13.7 Å². The third-order valence-electron chi connectivity index (χ3n) is 5.51. The molecule has 3 rings (SSSR count). The SMILES string of the molecule is COc1cc(/C=N/NC(=O)COc2ccc(C(C)(C)C)cc2C)ccc1OC(=O)c1ccc([N+](=O)[O-])cc1. The van der Waals surface area contributed by atoms with Crippen LogP contribution in [0.15, 0.2) is 65.8 Å². The molecule has 1 amide bonds. The highest BCUT2D eigenvalue weighted by Gasteiger charge is 2.16. The van der Waals surface area contributed by atoms with Crippen LogP contribution in [0.4, 0.5) is 5.69 Å². The molecule has 0 bridgehead atoms. The number of rotatable bonds is 9. The van der Waals surface area contributed by atoms with Crippen LogP contribution in [0.25, 0.3) is 0 Å². The Labute approximate surface area is 220 Å². The lowest BCUT2D eigenvalue weighted by atomic mass is 9.86. The van der Waals surface area contributed by atoms with E-state index in [9.17, 15) is 19.7 Å². The maximum atomic E-state index is 12.4. The Morgan fingerprint density at radius 1 is 1.00 bits per heavy atom. The summed E-state index contributed by atoms with van der Waals surface area (Å²) < 4.78 is 16.3. The minimum Gasteiger partial charge on any atom is -0.493 e. The average molecular weight is 520 g/mol. The maximum absolute atomic E-state index is 12.4. The maximum Gasteiger partial charge on any atom is 0.343 e. The second kappa shape index (κ2) is 12.0. The molecule has 0 spiro atoms. The number of methoxy groups -OCH3 is 1. The van der Waals surface area contributed by atoms with E-state index in [1.54, 1.807) is 12.1 Å². The second-order valence-electron chi connectivity index (χ2n) is 9.42. The molecule has 0 unspecified atom stereocenters. The van der Waals surface area contributed by atoms with Crippen LogP contribution < -0.4 is 19.6 Å². The van der Waals surface area contributed by atoms with E-state index < -0.39 is 16.8 Å². The van der Waals surface area contributed by atoms with Gasteiger partial charge in [-0.1, -0.05) is 32.9 Å². The number of aryl methyl sites for hydroxylation is 1. The Balaban J connectivity index is 1.56. The van der Waals surface area contributed by atoms with Crippen molar-refractivity contribution in [3.8, 4) is 17.2 Å². The van der Waals surface area contributed by atoms with Crippen molar-refractivity contribution in [1.29, 1.82) is 0 Å². The van der Waals surface area contributed by atoms with Gasteiger partial charge in [0.2, 0.25) is 0 Å². The predicted molar refractivity (Wildman–Crippen MR) is 142 cm³/mol. The highest BCUT2D eigenvalue weighted by Crippen LogP contribution is 2.29. The molecule has 0 aliphatic rings. The zero-order valence-electron chi connectivity index (χ0n) is 21.8. The van der Waals surface area contributed by atoms with Gasteiger partial charge in [-0.3, -0.25) is 14.9 Å². The fourth-order valence-electron chi connectivity index (χ4n) is 3.36. The Morgan fingerprint density at radius 3 is 2.29 bits per heavy atom. The van der Waals surface area contributed by atoms with E-state index in [-0.39, 0.29) is 34.8 Å². The van der Waals surface area contributed by atoms with Crippen LogP contribution >= 0.6 is 0 Å². The summed E-state index contributed by atoms with van der Waals surface area (Å²) in [7, 11) is 1.41. The lowest BCUT2D eigenvalue weighted by Gasteiger charge is -2.20. The first-order chi connectivity index (χ1) is 18.0. The molecule has 0 radical (unpaired) electrons. The summed E-state index contributed by atoms with van der Waals surface area (Å²) in [5.41, 5.74) is 5.13. The van der Waals surface area contributed by atoms with Crippen molar-refractivity contribution in [3.63, 3.8) is 0 Å². The summed E-state index contributed by atoms with van der Waals surface area (Å²) in [5.74, 6) is -0.0941. The topological polar surface area (TPSA) is 129 Å². The van der Waals surface area contributed by atoms with E-state index in [4.69, 9.17) is 14.2 Å². The van der Waals surface area contributed by atoms with Crippen LogP contribution in [0.3, 0.4) is 0 Å². The summed E-state index contributed by atoms with van der Waals surface area (Å²) in [4.78, 5) is 34.8. The Kier molecular flexibility index (Phi) is 8.80. The number of nitrogens with one attached hydrogen (secondary N) is 1. The third kappa shape index (κ3) is 7.39. The fourth-order valence-corrected chi connectivity index (χ4v) is 3.36. The summed E-state index contributed by atoms with van der Waals surface area (Å²) >= 11 is 0. The smallest absolute Gasteiger partial charge is 0.343 e. The van der Waals surface area contributed by atoms with Gasteiger partial charge in [0.25, 0.3) is 11.6 Å². The number of ether oxygens (including phenoxy) is 3. The zero-order chi connectivity index (χ0) is 27.9. The predicted octanol–water partition coefficient (Wildman–Crippen LogP) is 4.96. The van der Waals surface area contributed by atoms with Crippen molar-refractivity contribution in [2.24, 2.45) is 5.10 Å². The van der Waals surface area contributed by atoms with Gasteiger partial charge in [0.15, 0.2) is 18.1 Å². The molecule has 0 fully saturated rings. The third-order valence-corrected chi connectivity index (χ3v) is 5.51. The Bertz CT molecular complexity index is 1360. The molecule has 3 aromatic carbocycles. The van der Waals surface area contributed by atoms with E-state index in [0.29, 0.717) is 11.3 Å². The molecule has 3 aromatic rings. The molecule has 1 N–H and O–H groups in total. The number of hydrogen-bond donors (Lipinski definition) is 1. The van der Waals surface area contributed by atoms with Crippen LogP contribution in [0.1, 0.15) is 47.8 Å². The van der Waals surface area contributed by atoms with E-state index in [1.165, 1.54) is 49.2 Å². The van der Waals surface area contributed by atoms with Crippen molar-refractivity contribution >= 4 is 23.8 Å². The first-order valence-corrected chi connectivity index (χ1v) is 11.7. The number of esters is 1. The molecular formula is C28H29N3O7. The summed E-state index contributed by atoms with van der Waals surface area (Å²) in [6.45, 7) is 8.12. The van der Waals surface area contributed by atoms with Gasteiger partial charge in [-0.15, -0.1) is 0 Å². The number of amides is 1. The number of benzene rings is 3. The molecule has 0 saturated carbocycles. The van der Waals surface area contributed by atoms with Crippen LogP contribution in [0.2, 0.25) is 0 Å². The van der Waals surface area contributed by atoms with Crippen molar-refractivity contribution in [2.45, 2.75) is 33.1 Å². The molecule has 0 aromatic heterocycles. The summed E-state index contributed by atoms with van der Waals surface area (Å²) in [6.07, 6.45) is 1.41. The number of hydrazone groups is 1. The highest BCUT2D eigenvalue weighted by molar-refractivity contribution is 5.92. The van der Waals surface area contributed by atoms with Crippen LogP contribution in [0, 0.1) is 17.0 Å². The molecule has 10 heteroatoms. The number of carbonyl (C=O) groups is 2. The van der Waals surface area contributed by atoms with Crippen molar-refractivity contribution < 1.29 is 28.7 Å². The van der Waals surface area contributed by atoms with Gasteiger partial charge in [-0.2, -0.15) is 5.10 Å². The van der Waals surface area contributed by atoms with E-state index in [0.717, 1.165) is 5.56 Å². The number of nitro benzene ring substituents is 1. The lowest BCUT2D eigenvalue weighted by molar-refractivity contribution is -0.384. The van der Waals surface area contributed by atoms with E-state index >= 15 is 0 Å². The quantitative estimate of drug-likeness (QED) is 0.139. The molecule has 0 saturated heterocycles. The zero-order valence-corrected chi connectivity index (χ0v) is 21.8. The van der Waals surface area contributed by atoms with Gasteiger partial charge in [0.05, 0.1) is 23.8 Å². The number of hydrogen-bond acceptors (Lipinski definition) is 8. The van der Waals surface area contributed by atoms with Crippen LogP contribution in [-0.2, 0) is 10.2 Å². The highest BCUT2D eigenvalue weighted by atomic mass is 16.6. The molecule has 38 heavy (non-hydrogen) atoms. The average Bonchev–Trinajstić information content (AvgIpc) is 2.88. The molecule has 0 atom stereocenters. The standard InChI is InChI=1S/C28H29N3O7/c1-18-14-21(28(2,3)4)9-13-23(18)37-17-26(32)30-29-16-19-6-12-24(25(15-19)36-5)38-27(33)20-7-10-22(11-8-20)31(34)35/h6-16H,17H2,1-5H3,(H,30,32)/b29-16+. The first kappa shape index (κ1) is 27.9. The molecule has 0 aliphatic heterocycles. The van der Waals surface area contributed by atoms with Gasteiger partial charge < -0.3 is 14.2 Å². The van der Waals surface area contributed by atoms with Crippen LogP contribution in [0.5, 0.6) is 17.2 Å². The lowest BCUT2D eigenvalue weighted by Crippen LogP contribution is -2.24. The molecule has 198 valence electrons. The van der Waals surface area contributed by atoms with Gasteiger partial charge >= 0.3 is 5.97 Å².